The molecule has 0 spiro atoms. The van der Waals surface area contributed by atoms with Gasteiger partial charge in [0.05, 0.1) is 19.3 Å². The van der Waals surface area contributed by atoms with Crippen LogP contribution in [-0.4, -0.2) is 6.61 Å². The highest BCUT2D eigenvalue weighted by atomic mass is 35.5. The molecule has 0 aromatic heterocycles. The summed E-state index contributed by atoms with van der Waals surface area (Å²) in [6, 6.07) is 9.91. The monoisotopic (exact) mass is 235 g/mol. The third kappa shape index (κ3) is 2.75. The first-order chi connectivity index (χ1) is 7.76. The van der Waals surface area contributed by atoms with Gasteiger partial charge in [0, 0.05) is 16.9 Å². The van der Waals surface area contributed by atoms with Gasteiger partial charge in [-0.3, -0.25) is 0 Å². The van der Waals surface area contributed by atoms with Crippen LogP contribution in [0.15, 0.2) is 24.3 Å². The van der Waals surface area contributed by atoms with Crippen LogP contribution < -0.4 is 0 Å². The van der Waals surface area contributed by atoms with Crippen LogP contribution in [0.4, 0.5) is 0 Å². The van der Waals surface area contributed by atoms with Crippen molar-refractivity contribution in [1.82, 2.24) is 0 Å². The van der Waals surface area contributed by atoms with Gasteiger partial charge in [-0.25, -0.2) is 0 Å². The van der Waals surface area contributed by atoms with E-state index in [1.165, 1.54) is 0 Å². The number of nitrogens with zero attached hydrogens (tertiary/aromatic N) is 1. The molecule has 1 aromatic carbocycles. The molecule has 1 aliphatic rings. The molecule has 0 bridgehead atoms. The van der Waals surface area contributed by atoms with Crippen LogP contribution in [-0.2, 0) is 11.3 Å². The molecule has 2 rings (SSSR count). The molecule has 0 radical (unpaired) electrons. The first-order valence-electron chi connectivity index (χ1n) is 5.44. The van der Waals surface area contributed by atoms with Gasteiger partial charge in [0.15, 0.2) is 0 Å². The molecule has 0 heterocycles. The molecule has 0 N–H and O–H groups in total. The fourth-order valence-electron chi connectivity index (χ4n) is 1.71. The Balaban J connectivity index is 1.81. The number of halogens is 1. The lowest BCUT2D eigenvalue weighted by Crippen LogP contribution is -2.09. The van der Waals surface area contributed by atoms with Gasteiger partial charge >= 0.3 is 0 Å². The summed E-state index contributed by atoms with van der Waals surface area (Å²) in [7, 11) is 0. The Morgan fingerprint density at radius 3 is 2.75 bits per heavy atom. The summed E-state index contributed by atoms with van der Waals surface area (Å²) in [6.45, 7) is 1.21. The van der Waals surface area contributed by atoms with Crippen LogP contribution in [0.5, 0.6) is 0 Å². The molecule has 3 heteroatoms. The van der Waals surface area contributed by atoms with Crippen molar-refractivity contribution in [1.29, 1.82) is 5.26 Å². The smallest absolute Gasteiger partial charge is 0.0731 e. The summed E-state index contributed by atoms with van der Waals surface area (Å²) in [5.41, 5.74) is 1.16. The zero-order valence-electron chi connectivity index (χ0n) is 9.08. The highest BCUT2D eigenvalue weighted by molar-refractivity contribution is 6.31. The van der Waals surface area contributed by atoms with E-state index in [-0.39, 0.29) is 5.41 Å². The number of hydrogen-bond acceptors (Lipinski definition) is 2. The van der Waals surface area contributed by atoms with Gasteiger partial charge in [0.2, 0.25) is 0 Å². The van der Waals surface area contributed by atoms with E-state index >= 15 is 0 Å². The third-order valence-corrected chi connectivity index (χ3v) is 3.40. The SMILES string of the molecule is N#CCC1(COCc2ccccc2Cl)CC1. The van der Waals surface area contributed by atoms with E-state index in [9.17, 15) is 0 Å². The number of nitriles is 1. The van der Waals surface area contributed by atoms with Crippen LogP contribution >= 0.6 is 11.6 Å². The van der Waals surface area contributed by atoms with Crippen LogP contribution in [0.3, 0.4) is 0 Å². The van der Waals surface area contributed by atoms with Crippen molar-refractivity contribution in [2.45, 2.75) is 25.9 Å². The largest absolute Gasteiger partial charge is 0.376 e. The van der Waals surface area contributed by atoms with E-state index in [1.807, 2.05) is 24.3 Å². The Hall–Kier alpha value is -1.04. The maximum Gasteiger partial charge on any atom is 0.0731 e. The standard InChI is InChI=1S/C13H14ClNO/c14-12-4-2-1-3-11(12)9-16-10-13(5-6-13)7-8-15/h1-4H,5-7,9-10H2. The van der Waals surface area contributed by atoms with Gasteiger partial charge in [0.25, 0.3) is 0 Å². The predicted octanol–water partition coefficient (Wildman–Crippen LogP) is 3.55. The van der Waals surface area contributed by atoms with Gasteiger partial charge < -0.3 is 4.74 Å². The van der Waals surface area contributed by atoms with Crippen molar-refractivity contribution in [3.05, 3.63) is 34.9 Å². The maximum absolute atomic E-state index is 8.68. The molecule has 0 unspecified atom stereocenters. The Morgan fingerprint density at radius 2 is 2.12 bits per heavy atom. The molecule has 0 amide bonds. The van der Waals surface area contributed by atoms with Crippen molar-refractivity contribution < 1.29 is 4.74 Å². The van der Waals surface area contributed by atoms with E-state index in [0.29, 0.717) is 19.6 Å². The Labute approximate surface area is 101 Å². The first kappa shape index (κ1) is 11.4. The second kappa shape index (κ2) is 4.86. The van der Waals surface area contributed by atoms with Gasteiger partial charge in [0.1, 0.15) is 0 Å². The topological polar surface area (TPSA) is 33.0 Å². The lowest BCUT2D eigenvalue weighted by Gasteiger charge is -2.12. The number of hydrogen-bond donors (Lipinski definition) is 0. The van der Waals surface area contributed by atoms with Crippen LogP contribution in [0, 0.1) is 16.7 Å². The number of benzene rings is 1. The van der Waals surface area contributed by atoms with Gasteiger partial charge in [-0.2, -0.15) is 5.26 Å². The molecule has 1 saturated carbocycles. The molecule has 0 saturated heterocycles. The van der Waals surface area contributed by atoms with Crippen molar-refractivity contribution in [2.75, 3.05) is 6.61 Å². The van der Waals surface area contributed by atoms with Crippen molar-refractivity contribution in [3.8, 4) is 6.07 Å². The first-order valence-corrected chi connectivity index (χ1v) is 5.82. The van der Waals surface area contributed by atoms with Crippen molar-refractivity contribution in [3.63, 3.8) is 0 Å². The Bertz CT molecular complexity index is 407. The van der Waals surface area contributed by atoms with Gasteiger partial charge in [-0.05, 0) is 24.5 Å². The molecular formula is C13H14ClNO. The van der Waals surface area contributed by atoms with Gasteiger partial charge in [-0.15, -0.1) is 0 Å². The molecule has 1 aromatic rings. The van der Waals surface area contributed by atoms with Crippen LogP contribution in [0.25, 0.3) is 0 Å². The fraction of sp³-hybridized carbons (Fsp3) is 0.462. The predicted molar refractivity (Wildman–Crippen MR) is 63.0 cm³/mol. The highest BCUT2D eigenvalue weighted by Crippen LogP contribution is 2.48. The average Bonchev–Trinajstić information content (AvgIpc) is 3.02. The number of ether oxygens (including phenoxy) is 1. The zero-order valence-corrected chi connectivity index (χ0v) is 9.83. The highest BCUT2D eigenvalue weighted by Gasteiger charge is 2.42. The molecule has 84 valence electrons. The summed E-state index contributed by atoms with van der Waals surface area (Å²) < 4.78 is 5.64. The molecule has 0 aliphatic heterocycles. The van der Waals surface area contributed by atoms with Gasteiger partial charge in [-0.1, -0.05) is 29.8 Å². The summed E-state index contributed by atoms with van der Waals surface area (Å²) in [6.07, 6.45) is 2.84. The Morgan fingerprint density at radius 1 is 1.38 bits per heavy atom. The summed E-state index contributed by atoms with van der Waals surface area (Å²) in [5, 5.41) is 9.42. The van der Waals surface area contributed by atoms with Crippen molar-refractivity contribution >= 4 is 11.6 Å². The summed E-state index contributed by atoms with van der Waals surface area (Å²) >= 11 is 6.02. The second-order valence-electron chi connectivity index (χ2n) is 4.42. The molecule has 16 heavy (non-hydrogen) atoms. The molecule has 0 atom stereocenters. The Kier molecular flexibility index (Phi) is 3.48. The minimum atomic E-state index is 0.149. The van der Waals surface area contributed by atoms with E-state index in [1.54, 1.807) is 0 Å². The minimum absolute atomic E-state index is 0.149. The van der Waals surface area contributed by atoms with Crippen LogP contribution in [0.1, 0.15) is 24.8 Å². The van der Waals surface area contributed by atoms with Crippen molar-refractivity contribution in [2.24, 2.45) is 5.41 Å². The second-order valence-corrected chi connectivity index (χ2v) is 4.83. The average molecular weight is 236 g/mol. The third-order valence-electron chi connectivity index (χ3n) is 3.03. The van der Waals surface area contributed by atoms with E-state index < -0.39 is 0 Å². The summed E-state index contributed by atoms with van der Waals surface area (Å²) in [4.78, 5) is 0. The minimum Gasteiger partial charge on any atom is -0.376 e. The summed E-state index contributed by atoms with van der Waals surface area (Å²) in [5.74, 6) is 0. The zero-order chi connectivity index (χ0) is 11.4. The molecule has 1 fully saturated rings. The van der Waals surface area contributed by atoms with E-state index in [0.717, 1.165) is 23.4 Å². The molecule has 2 nitrogen and oxygen atoms in total. The van der Waals surface area contributed by atoms with E-state index in [2.05, 4.69) is 6.07 Å². The number of rotatable bonds is 5. The lowest BCUT2D eigenvalue weighted by molar-refractivity contribution is 0.0795. The fourth-order valence-corrected chi connectivity index (χ4v) is 1.90. The van der Waals surface area contributed by atoms with E-state index in [4.69, 9.17) is 21.6 Å². The lowest BCUT2D eigenvalue weighted by atomic mass is 10.1. The molecular weight excluding hydrogens is 222 g/mol. The normalized spacial score (nSPS) is 16.8. The van der Waals surface area contributed by atoms with Crippen LogP contribution in [0.2, 0.25) is 5.02 Å². The quantitative estimate of drug-likeness (QED) is 0.782. The maximum atomic E-state index is 8.68. The molecule has 1 aliphatic carbocycles.